The monoisotopic (exact) mass is 300 g/mol. The first-order valence-electron chi connectivity index (χ1n) is 7.34. The highest BCUT2D eigenvalue weighted by Gasteiger charge is 2.07. The van der Waals surface area contributed by atoms with Gasteiger partial charge in [0.25, 0.3) is 0 Å². The SMILES string of the molecule is C=C(O)c1cc(Cl)ccc1Cc1ccc(CCCC)cc1. The molecule has 0 aromatic heterocycles. The van der Waals surface area contributed by atoms with E-state index in [1.807, 2.05) is 12.1 Å². The summed E-state index contributed by atoms with van der Waals surface area (Å²) in [5.74, 6) is 0.0621. The fourth-order valence-corrected chi connectivity index (χ4v) is 2.57. The molecule has 0 unspecified atom stereocenters. The zero-order valence-electron chi connectivity index (χ0n) is 12.4. The van der Waals surface area contributed by atoms with Gasteiger partial charge in [-0.1, -0.05) is 61.9 Å². The minimum absolute atomic E-state index is 0.0621. The predicted octanol–water partition coefficient (Wildman–Crippen LogP) is 5.80. The first-order valence-corrected chi connectivity index (χ1v) is 7.72. The van der Waals surface area contributed by atoms with Gasteiger partial charge in [0, 0.05) is 10.6 Å². The maximum Gasteiger partial charge on any atom is 0.115 e. The Labute approximate surface area is 131 Å². The molecule has 0 bridgehead atoms. The molecule has 0 saturated heterocycles. The maximum absolute atomic E-state index is 9.70. The fourth-order valence-electron chi connectivity index (χ4n) is 2.40. The van der Waals surface area contributed by atoms with Crippen LogP contribution in [-0.2, 0) is 12.8 Å². The van der Waals surface area contributed by atoms with Gasteiger partial charge in [0.2, 0.25) is 0 Å². The van der Waals surface area contributed by atoms with Crippen LogP contribution >= 0.6 is 11.6 Å². The molecule has 2 aromatic carbocycles. The zero-order valence-corrected chi connectivity index (χ0v) is 13.2. The van der Waals surface area contributed by atoms with Crippen LogP contribution < -0.4 is 0 Å². The van der Waals surface area contributed by atoms with Crippen molar-refractivity contribution in [1.29, 1.82) is 0 Å². The Balaban J connectivity index is 2.16. The minimum atomic E-state index is 0.0621. The van der Waals surface area contributed by atoms with E-state index >= 15 is 0 Å². The highest BCUT2D eigenvalue weighted by molar-refractivity contribution is 6.30. The van der Waals surface area contributed by atoms with Crippen LogP contribution in [0.15, 0.2) is 49.0 Å². The molecule has 0 spiro atoms. The molecular formula is C19H21ClO. The average molecular weight is 301 g/mol. The van der Waals surface area contributed by atoms with Crippen molar-refractivity contribution >= 4 is 17.4 Å². The van der Waals surface area contributed by atoms with E-state index in [0.29, 0.717) is 5.02 Å². The summed E-state index contributed by atoms with van der Waals surface area (Å²) >= 11 is 5.98. The molecule has 0 aliphatic rings. The lowest BCUT2D eigenvalue weighted by Crippen LogP contribution is -1.95. The van der Waals surface area contributed by atoms with Crippen LogP contribution in [0.2, 0.25) is 5.02 Å². The molecule has 0 saturated carbocycles. The molecule has 0 fully saturated rings. The van der Waals surface area contributed by atoms with Crippen molar-refractivity contribution in [2.24, 2.45) is 0 Å². The summed E-state index contributed by atoms with van der Waals surface area (Å²) in [6.45, 7) is 5.82. The first kappa shape index (κ1) is 15.7. The van der Waals surface area contributed by atoms with Gasteiger partial charge in [0.1, 0.15) is 5.76 Å². The maximum atomic E-state index is 9.70. The Morgan fingerprint density at radius 1 is 1.10 bits per heavy atom. The van der Waals surface area contributed by atoms with Crippen LogP contribution in [0.3, 0.4) is 0 Å². The molecule has 0 amide bonds. The number of benzene rings is 2. The lowest BCUT2D eigenvalue weighted by molar-refractivity contribution is 0.513. The molecule has 2 rings (SSSR count). The molecular weight excluding hydrogens is 280 g/mol. The molecule has 0 aliphatic heterocycles. The molecule has 21 heavy (non-hydrogen) atoms. The Kier molecular flexibility index (Phi) is 5.46. The van der Waals surface area contributed by atoms with E-state index in [9.17, 15) is 5.11 Å². The summed E-state index contributed by atoms with van der Waals surface area (Å²) in [5, 5.41) is 10.3. The van der Waals surface area contributed by atoms with E-state index < -0.39 is 0 Å². The van der Waals surface area contributed by atoms with Crippen molar-refractivity contribution in [3.05, 3.63) is 76.3 Å². The quantitative estimate of drug-likeness (QED) is 0.668. The second-order valence-corrected chi connectivity index (χ2v) is 5.78. The van der Waals surface area contributed by atoms with E-state index in [-0.39, 0.29) is 5.76 Å². The summed E-state index contributed by atoms with van der Waals surface area (Å²) in [5.41, 5.74) is 4.36. The zero-order chi connectivity index (χ0) is 15.2. The molecule has 1 nitrogen and oxygen atoms in total. The third kappa shape index (κ3) is 4.37. The smallest absolute Gasteiger partial charge is 0.115 e. The Hall–Kier alpha value is -1.73. The number of aliphatic hydroxyl groups excluding tert-OH is 1. The van der Waals surface area contributed by atoms with Crippen LogP contribution in [0.5, 0.6) is 0 Å². The van der Waals surface area contributed by atoms with Crippen LogP contribution in [0.25, 0.3) is 5.76 Å². The standard InChI is InChI=1S/C19H21ClO/c1-3-4-5-15-6-8-16(9-7-15)12-17-10-11-18(20)13-19(17)14(2)21/h6-11,13,21H,2-5,12H2,1H3. The molecule has 2 heteroatoms. The number of rotatable bonds is 6. The Morgan fingerprint density at radius 2 is 1.76 bits per heavy atom. The summed E-state index contributed by atoms with van der Waals surface area (Å²) in [6.07, 6.45) is 4.34. The number of aliphatic hydroxyl groups is 1. The van der Waals surface area contributed by atoms with E-state index in [0.717, 1.165) is 24.0 Å². The molecule has 1 N–H and O–H groups in total. The second kappa shape index (κ2) is 7.33. The average Bonchev–Trinajstić information content (AvgIpc) is 2.48. The number of unbranched alkanes of at least 4 members (excludes halogenated alkanes) is 1. The van der Waals surface area contributed by atoms with Gasteiger partial charge in [-0.15, -0.1) is 0 Å². The number of aryl methyl sites for hydroxylation is 1. The van der Waals surface area contributed by atoms with Gasteiger partial charge in [-0.25, -0.2) is 0 Å². The molecule has 2 aromatic rings. The Bertz CT molecular complexity index is 614. The number of halogens is 1. The third-order valence-corrected chi connectivity index (χ3v) is 3.85. The van der Waals surface area contributed by atoms with Crippen molar-refractivity contribution in [1.82, 2.24) is 0 Å². The molecule has 0 radical (unpaired) electrons. The van der Waals surface area contributed by atoms with Gasteiger partial charge in [-0.2, -0.15) is 0 Å². The molecule has 0 heterocycles. The topological polar surface area (TPSA) is 20.2 Å². The Morgan fingerprint density at radius 3 is 2.38 bits per heavy atom. The predicted molar refractivity (Wildman–Crippen MR) is 91.0 cm³/mol. The van der Waals surface area contributed by atoms with Gasteiger partial charge in [-0.05, 0) is 48.1 Å². The minimum Gasteiger partial charge on any atom is -0.508 e. The van der Waals surface area contributed by atoms with E-state index in [1.165, 1.54) is 24.0 Å². The van der Waals surface area contributed by atoms with Crippen molar-refractivity contribution in [3.8, 4) is 0 Å². The van der Waals surface area contributed by atoms with E-state index in [2.05, 4.69) is 37.8 Å². The summed E-state index contributed by atoms with van der Waals surface area (Å²) in [4.78, 5) is 0. The van der Waals surface area contributed by atoms with Gasteiger partial charge >= 0.3 is 0 Å². The van der Waals surface area contributed by atoms with Crippen LogP contribution in [0.4, 0.5) is 0 Å². The lowest BCUT2D eigenvalue weighted by atomic mass is 9.97. The largest absolute Gasteiger partial charge is 0.508 e. The van der Waals surface area contributed by atoms with Gasteiger partial charge in [-0.3, -0.25) is 0 Å². The molecule has 0 atom stereocenters. The van der Waals surface area contributed by atoms with Crippen molar-refractivity contribution in [3.63, 3.8) is 0 Å². The van der Waals surface area contributed by atoms with Gasteiger partial charge in [0.15, 0.2) is 0 Å². The van der Waals surface area contributed by atoms with E-state index in [4.69, 9.17) is 11.6 Å². The summed E-state index contributed by atoms with van der Waals surface area (Å²) < 4.78 is 0. The number of hydrogen-bond acceptors (Lipinski definition) is 1. The van der Waals surface area contributed by atoms with Crippen molar-refractivity contribution < 1.29 is 5.11 Å². The van der Waals surface area contributed by atoms with Crippen LogP contribution in [-0.4, -0.2) is 5.11 Å². The highest BCUT2D eigenvalue weighted by Crippen LogP contribution is 2.23. The first-order chi connectivity index (χ1) is 10.1. The van der Waals surface area contributed by atoms with Crippen molar-refractivity contribution in [2.45, 2.75) is 32.6 Å². The second-order valence-electron chi connectivity index (χ2n) is 5.34. The molecule has 110 valence electrons. The van der Waals surface area contributed by atoms with E-state index in [1.54, 1.807) is 6.07 Å². The van der Waals surface area contributed by atoms with Crippen LogP contribution in [0.1, 0.15) is 42.0 Å². The number of hydrogen-bond donors (Lipinski definition) is 1. The van der Waals surface area contributed by atoms with Gasteiger partial charge in [0.05, 0.1) is 0 Å². The summed E-state index contributed by atoms with van der Waals surface area (Å²) in [7, 11) is 0. The van der Waals surface area contributed by atoms with Crippen LogP contribution in [0, 0.1) is 0 Å². The molecule has 0 aliphatic carbocycles. The fraction of sp³-hybridized carbons (Fsp3) is 0.263. The normalized spacial score (nSPS) is 10.6. The summed E-state index contributed by atoms with van der Waals surface area (Å²) in [6, 6.07) is 14.2. The van der Waals surface area contributed by atoms with Crippen molar-refractivity contribution in [2.75, 3.05) is 0 Å². The lowest BCUT2D eigenvalue weighted by Gasteiger charge is -2.10. The third-order valence-electron chi connectivity index (χ3n) is 3.62. The highest BCUT2D eigenvalue weighted by atomic mass is 35.5. The van der Waals surface area contributed by atoms with Gasteiger partial charge < -0.3 is 5.11 Å².